The zero-order valence-electron chi connectivity index (χ0n) is 14.3. The molecule has 3 rings (SSSR count). The average Bonchev–Trinajstić information content (AvgIpc) is 2.78. The smallest absolute Gasteiger partial charge is 0.410 e. The van der Waals surface area contributed by atoms with E-state index in [0.717, 1.165) is 6.42 Å². The molecule has 2 aliphatic heterocycles. The Morgan fingerprint density at radius 2 is 1.91 bits per heavy atom. The van der Waals surface area contributed by atoms with Gasteiger partial charge in [-0.2, -0.15) is 0 Å². The average molecular weight is 313 g/mol. The number of aliphatic hydroxyl groups excluding tert-OH is 1. The first-order chi connectivity index (χ1) is 9.94. The van der Waals surface area contributed by atoms with Crippen molar-refractivity contribution in [1.82, 2.24) is 4.90 Å². The van der Waals surface area contributed by atoms with Crippen LogP contribution in [-0.2, 0) is 14.3 Å². The normalized spacial score (nSPS) is 33.0. The van der Waals surface area contributed by atoms with Crippen molar-refractivity contribution in [1.29, 1.82) is 0 Å². The number of carbonyl (C=O) groups excluding carboxylic acids is 2. The van der Waals surface area contributed by atoms with E-state index in [1.165, 1.54) is 0 Å². The summed E-state index contributed by atoms with van der Waals surface area (Å²) in [6.45, 7) is 11.2. The fraction of sp³-hybridized carbons (Fsp3) is 0.875. The van der Waals surface area contributed by atoms with Crippen LogP contribution in [0.1, 0.15) is 48.0 Å². The minimum atomic E-state index is -0.712. The highest BCUT2D eigenvalue weighted by Gasteiger charge is 2.66. The maximum absolute atomic E-state index is 12.3. The summed E-state index contributed by atoms with van der Waals surface area (Å²) in [6.07, 6.45) is -0.850. The minimum absolute atomic E-state index is 0.159. The van der Waals surface area contributed by atoms with Crippen LogP contribution in [0.25, 0.3) is 0 Å². The summed E-state index contributed by atoms with van der Waals surface area (Å²) in [5.41, 5.74) is -0.807. The monoisotopic (exact) mass is 313 g/mol. The number of hydrogen-bond donors (Lipinski definition) is 1. The number of amides is 1. The van der Waals surface area contributed by atoms with Gasteiger partial charge in [0.2, 0.25) is 0 Å². The van der Waals surface area contributed by atoms with Crippen LogP contribution < -0.4 is 0 Å². The molecule has 2 saturated heterocycles. The first kappa shape index (κ1) is 17.1. The van der Waals surface area contributed by atoms with Crippen LogP contribution in [-0.4, -0.2) is 52.5 Å². The maximum atomic E-state index is 12.3. The van der Waals surface area contributed by atoms with Gasteiger partial charge >= 0.3 is 12.1 Å². The maximum Gasteiger partial charge on any atom is 0.410 e. The molecule has 1 aliphatic carbocycles. The van der Waals surface area contributed by atoms with Crippen LogP contribution in [0.2, 0.25) is 0 Å². The van der Waals surface area contributed by atoms with Gasteiger partial charge in [-0.25, -0.2) is 4.79 Å². The molecular weight excluding hydrogens is 286 g/mol. The highest BCUT2D eigenvalue weighted by atomic mass is 16.6. The molecule has 1 N–H and O–H groups in total. The number of carbonyl (C=O) groups is 2. The molecule has 5 atom stereocenters. The van der Waals surface area contributed by atoms with Crippen molar-refractivity contribution in [2.45, 2.75) is 71.8 Å². The Hall–Kier alpha value is -1.30. The van der Waals surface area contributed by atoms with Crippen molar-refractivity contribution in [2.24, 2.45) is 11.3 Å². The third kappa shape index (κ3) is 3.07. The highest BCUT2D eigenvalue weighted by Crippen LogP contribution is 2.57. The van der Waals surface area contributed by atoms with E-state index in [-0.39, 0.29) is 29.4 Å². The SMILES string of the molecule is C[C@@H](O)[C@@H](C)OC(=O)[C@@H]1[C@H]2C[C@]1(C)CN2C(=O)OC(C)(C)C. The van der Waals surface area contributed by atoms with Gasteiger partial charge < -0.3 is 19.5 Å². The van der Waals surface area contributed by atoms with Gasteiger partial charge in [0.05, 0.1) is 12.0 Å². The first-order valence-corrected chi connectivity index (χ1v) is 7.83. The molecule has 0 aromatic rings. The molecule has 6 heteroatoms. The van der Waals surface area contributed by atoms with Gasteiger partial charge in [-0.3, -0.25) is 4.79 Å². The second kappa shape index (κ2) is 5.41. The summed E-state index contributed by atoms with van der Waals surface area (Å²) in [6, 6.07) is -0.159. The largest absolute Gasteiger partial charge is 0.460 e. The summed E-state index contributed by atoms with van der Waals surface area (Å²) in [4.78, 5) is 26.2. The van der Waals surface area contributed by atoms with Crippen LogP contribution in [0.15, 0.2) is 0 Å². The lowest BCUT2D eigenvalue weighted by molar-refractivity contribution is -0.168. The third-order valence-electron chi connectivity index (χ3n) is 4.61. The Labute approximate surface area is 131 Å². The van der Waals surface area contributed by atoms with E-state index in [4.69, 9.17) is 9.47 Å². The lowest BCUT2D eigenvalue weighted by Gasteiger charge is -2.42. The quantitative estimate of drug-likeness (QED) is 0.806. The fourth-order valence-electron chi connectivity index (χ4n) is 3.30. The van der Waals surface area contributed by atoms with Crippen molar-refractivity contribution >= 4 is 12.1 Å². The predicted molar refractivity (Wildman–Crippen MR) is 80.2 cm³/mol. The van der Waals surface area contributed by atoms with Gasteiger partial charge in [-0.05, 0) is 41.0 Å². The molecule has 0 spiro atoms. The van der Waals surface area contributed by atoms with Gasteiger partial charge in [-0.1, -0.05) is 6.92 Å². The predicted octanol–water partition coefficient (Wildman–Crippen LogP) is 1.94. The molecule has 3 fully saturated rings. The van der Waals surface area contributed by atoms with Crippen molar-refractivity contribution in [3.8, 4) is 0 Å². The van der Waals surface area contributed by atoms with Crippen molar-refractivity contribution in [3.05, 3.63) is 0 Å². The zero-order valence-corrected chi connectivity index (χ0v) is 14.3. The molecule has 22 heavy (non-hydrogen) atoms. The minimum Gasteiger partial charge on any atom is -0.460 e. The molecule has 2 heterocycles. The molecule has 1 saturated carbocycles. The highest BCUT2D eigenvalue weighted by molar-refractivity contribution is 5.80. The number of aliphatic hydroxyl groups is 1. The lowest BCUT2D eigenvalue weighted by Crippen LogP contribution is -2.51. The van der Waals surface area contributed by atoms with Crippen LogP contribution in [0.3, 0.4) is 0 Å². The summed E-state index contributed by atoms with van der Waals surface area (Å²) >= 11 is 0. The molecule has 3 aliphatic rings. The van der Waals surface area contributed by atoms with E-state index in [0.29, 0.717) is 6.54 Å². The van der Waals surface area contributed by atoms with Crippen molar-refractivity contribution < 1.29 is 24.2 Å². The van der Waals surface area contributed by atoms with E-state index < -0.39 is 17.8 Å². The topological polar surface area (TPSA) is 76.1 Å². The third-order valence-corrected chi connectivity index (χ3v) is 4.61. The van der Waals surface area contributed by atoms with E-state index in [9.17, 15) is 14.7 Å². The second-order valence-corrected chi connectivity index (χ2v) is 7.89. The summed E-state index contributed by atoms with van der Waals surface area (Å²) in [7, 11) is 0. The first-order valence-electron chi connectivity index (χ1n) is 7.83. The molecule has 0 aromatic heterocycles. The van der Waals surface area contributed by atoms with Gasteiger partial charge in [0, 0.05) is 18.0 Å². The number of hydrogen-bond acceptors (Lipinski definition) is 5. The standard InChI is InChI=1S/C16H27NO5/c1-9(18)10(2)21-13(19)12-11-7-16(12,6)8-17(11)14(20)22-15(3,4)5/h9-12,18H,7-8H2,1-6H3/t9-,10-,11-,12+,16-/m1/s1. The molecule has 2 bridgehead atoms. The van der Waals surface area contributed by atoms with Crippen molar-refractivity contribution in [2.75, 3.05) is 6.54 Å². The molecule has 126 valence electrons. The number of fused-ring (bicyclic) bond motifs is 1. The van der Waals surface area contributed by atoms with E-state index in [1.54, 1.807) is 18.7 Å². The van der Waals surface area contributed by atoms with E-state index >= 15 is 0 Å². The van der Waals surface area contributed by atoms with Gasteiger partial charge in [0.25, 0.3) is 0 Å². The van der Waals surface area contributed by atoms with Gasteiger partial charge in [0.15, 0.2) is 0 Å². The second-order valence-electron chi connectivity index (χ2n) is 7.89. The summed E-state index contributed by atoms with van der Waals surface area (Å²) in [5.74, 6) is -0.667. The molecule has 1 amide bonds. The van der Waals surface area contributed by atoms with Gasteiger partial charge in [-0.15, -0.1) is 0 Å². The van der Waals surface area contributed by atoms with Crippen LogP contribution in [0.5, 0.6) is 0 Å². The van der Waals surface area contributed by atoms with Gasteiger partial charge in [0.1, 0.15) is 11.7 Å². The molecule has 0 unspecified atom stereocenters. The lowest BCUT2D eigenvalue weighted by atomic mass is 9.62. The Kier molecular flexibility index (Phi) is 4.19. The number of esters is 1. The van der Waals surface area contributed by atoms with Crippen LogP contribution in [0.4, 0.5) is 4.79 Å². The molecule has 6 nitrogen and oxygen atoms in total. The Morgan fingerprint density at radius 3 is 2.41 bits per heavy atom. The number of rotatable bonds is 3. The molecule has 0 radical (unpaired) electrons. The van der Waals surface area contributed by atoms with E-state index in [1.807, 2.05) is 27.7 Å². The summed E-state index contributed by atoms with van der Waals surface area (Å²) < 4.78 is 10.7. The van der Waals surface area contributed by atoms with Crippen LogP contribution >= 0.6 is 0 Å². The van der Waals surface area contributed by atoms with E-state index in [2.05, 4.69) is 0 Å². The Morgan fingerprint density at radius 1 is 1.32 bits per heavy atom. The zero-order chi connectivity index (χ0) is 16.9. The van der Waals surface area contributed by atoms with Crippen LogP contribution in [0, 0.1) is 11.3 Å². The Bertz CT molecular complexity index is 470. The van der Waals surface area contributed by atoms with Crippen molar-refractivity contribution in [3.63, 3.8) is 0 Å². The molecule has 0 aromatic carbocycles. The summed E-state index contributed by atoms with van der Waals surface area (Å²) in [5, 5.41) is 9.46. The fourth-order valence-corrected chi connectivity index (χ4v) is 3.30. The number of nitrogens with zero attached hydrogens (tertiary/aromatic N) is 1. The number of ether oxygens (including phenoxy) is 2. The molecular formula is C16H27NO5. The Balaban J connectivity index is 2.02.